The molecule has 2 heterocycles. The third-order valence-electron chi connectivity index (χ3n) is 3.69. The molecule has 0 aliphatic carbocycles. The van der Waals surface area contributed by atoms with Crippen LogP contribution in [0.2, 0.25) is 0 Å². The summed E-state index contributed by atoms with van der Waals surface area (Å²) in [5.74, 6) is -0.0495. The van der Waals surface area contributed by atoms with Crippen LogP contribution in [-0.2, 0) is 0 Å². The summed E-state index contributed by atoms with van der Waals surface area (Å²) in [5, 5.41) is 2.94. The fourth-order valence-electron chi connectivity index (χ4n) is 2.50. The molecule has 1 amide bonds. The Bertz CT molecular complexity index is 823. The van der Waals surface area contributed by atoms with E-state index in [2.05, 4.69) is 10.3 Å². The van der Waals surface area contributed by atoms with Crippen LogP contribution in [0.1, 0.15) is 10.4 Å². The van der Waals surface area contributed by atoms with E-state index >= 15 is 0 Å². The average Bonchev–Trinajstić information content (AvgIpc) is 3.03. The summed E-state index contributed by atoms with van der Waals surface area (Å²) in [4.78, 5) is 18.6. The average molecular weight is 308 g/mol. The Morgan fingerprint density at radius 3 is 2.87 bits per heavy atom. The number of amides is 1. The summed E-state index contributed by atoms with van der Waals surface area (Å²) in [5.41, 5.74) is 3.57. The first-order valence-corrected chi connectivity index (χ1v) is 7.60. The molecule has 3 aromatic rings. The van der Waals surface area contributed by atoms with Gasteiger partial charge in [-0.05, 0) is 43.9 Å². The normalized spacial score (nSPS) is 11.1. The van der Waals surface area contributed by atoms with Gasteiger partial charge >= 0.3 is 0 Å². The van der Waals surface area contributed by atoms with Gasteiger partial charge in [0.15, 0.2) is 0 Å². The molecule has 0 atom stereocenters. The maximum atomic E-state index is 12.3. The quantitative estimate of drug-likeness (QED) is 0.787. The zero-order chi connectivity index (χ0) is 16.2. The van der Waals surface area contributed by atoms with E-state index in [1.807, 2.05) is 72.1 Å². The highest BCUT2D eigenvalue weighted by Crippen LogP contribution is 2.21. The number of likely N-dealkylation sites (N-methyl/N-ethyl adjacent to an activating group) is 1. The SMILES string of the molecule is CN(C)CCNC(=O)c1cccc(-c2cccc3nccn23)c1. The number of carbonyl (C=O) groups excluding carboxylic acids is 1. The molecule has 0 spiro atoms. The molecular weight excluding hydrogens is 288 g/mol. The van der Waals surface area contributed by atoms with Gasteiger partial charge < -0.3 is 10.2 Å². The van der Waals surface area contributed by atoms with E-state index in [9.17, 15) is 4.79 Å². The smallest absolute Gasteiger partial charge is 0.251 e. The molecule has 1 N–H and O–H groups in total. The number of hydrogen-bond donors (Lipinski definition) is 1. The largest absolute Gasteiger partial charge is 0.351 e. The van der Waals surface area contributed by atoms with Crippen molar-refractivity contribution >= 4 is 11.6 Å². The standard InChI is InChI=1S/C18H20N4O/c1-21(2)11-9-20-18(23)15-6-3-5-14(13-15)16-7-4-8-17-19-10-12-22(16)17/h3-8,10,12-13H,9,11H2,1-2H3,(H,20,23). The molecule has 5 nitrogen and oxygen atoms in total. The number of nitrogens with zero attached hydrogens (tertiary/aromatic N) is 3. The molecular formula is C18H20N4O. The van der Waals surface area contributed by atoms with E-state index in [4.69, 9.17) is 0 Å². The van der Waals surface area contributed by atoms with Gasteiger partial charge in [-0.15, -0.1) is 0 Å². The lowest BCUT2D eigenvalue weighted by Gasteiger charge is -2.11. The lowest BCUT2D eigenvalue weighted by atomic mass is 10.1. The second-order valence-corrected chi connectivity index (χ2v) is 5.71. The maximum Gasteiger partial charge on any atom is 0.251 e. The highest BCUT2D eigenvalue weighted by Gasteiger charge is 2.09. The van der Waals surface area contributed by atoms with E-state index in [-0.39, 0.29) is 5.91 Å². The van der Waals surface area contributed by atoms with Crippen LogP contribution in [-0.4, -0.2) is 47.4 Å². The molecule has 0 saturated carbocycles. The third-order valence-corrected chi connectivity index (χ3v) is 3.69. The predicted octanol–water partition coefficient (Wildman–Crippen LogP) is 2.29. The number of fused-ring (bicyclic) bond motifs is 1. The topological polar surface area (TPSA) is 49.6 Å². The minimum atomic E-state index is -0.0495. The Kier molecular flexibility index (Phi) is 4.39. The van der Waals surface area contributed by atoms with Crippen LogP contribution in [0.15, 0.2) is 54.9 Å². The number of rotatable bonds is 5. The first-order valence-electron chi connectivity index (χ1n) is 7.60. The van der Waals surface area contributed by atoms with Crippen molar-refractivity contribution in [2.24, 2.45) is 0 Å². The van der Waals surface area contributed by atoms with E-state index in [0.717, 1.165) is 23.4 Å². The molecule has 0 saturated heterocycles. The van der Waals surface area contributed by atoms with Crippen LogP contribution in [0, 0.1) is 0 Å². The highest BCUT2D eigenvalue weighted by atomic mass is 16.1. The molecule has 118 valence electrons. The molecule has 3 rings (SSSR count). The number of carbonyl (C=O) groups is 1. The van der Waals surface area contributed by atoms with E-state index < -0.39 is 0 Å². The van der Waals surface area contributed by atoms with Crippen LogP contribution in [0.25, 0.3) is 16.9 Å². The summed E-state index contributed by atoms with van der Waals surface area (Å²) in [6.07, 6.45) is 3.70. The minimum Gasteiger partial charge on any atom is -0.351 e. The lowest BCUT2D eigenvalue weighted by molar-refractivity contribution is 0.0951. The highest BCUT2D eigenvalue weighted by molar-refractivity contribution is 5.95. The van der Waals surface area contributed by atoms with Crippen molar-refractivity contribution in [3.8, 4) is 11.3 Å². The Hall–Kier alpha value is -2.66. The molecule has 5 heteroatoms. The second kappa shape index (κ2) is 6.62. The molecule has 0 fully saturated rings. The third kappa shape index (κ3) is 3.40. The number of aromatic nitrogens is 2. The number of pyridine rings is 1. The van der Waals surface area contributed by atoms with Crippen molar-refractivity contribution in [1.29, 1.82) is 0 Å². The summed E-state index contributed by atoms with van der Waals surface area (Å²) in [7, 11) is 3.97. The number of nitrogens with one attached hydrogen (secondary N) is 1. The number of benzene rings is 1. The zero-order valence-electron chi connectivity index (χ0n) is 13.4. The Morgan fingerprint density at radius 1 is 1.22 bits per heavy atom. The summed E-state index contributed by atoms with van der Waals surface area (Å²) >= 11 is 0. The van der Waals surface area contributed by atoms with Crippen LogP contribution < -0.4 is 5.32 Å². The van der Waals surface area contributed by atoms with E-state index in [1.165, 1.54) is 0 Å². The van der Waals surface area contributed by atoms with Crippen LogP contribution in [0.3, 0.4) is 0 Å². The first kappa shape index (κ1) is 15.2. The summed E-state index contributed by atoms with van der Waals surface area (Å²) in [6.45, 7) is 1.45. The van der Waals surface area contributed by atoms with Crippen molar-refractivity contribution < 1.29 is 4.79 Å². The van der Waals surface area contributed by atoms with Gasteiger partial charge in [0.1, 0.15) is 5.65 Å². The van der Waals surface area contributed by atoms with Gasteiger partial charge in [0, 0.05) is 31.0 Å². The van der Waals surface area contributed by atoms with Gasteiger partial charge in [0.2, 0.25) is 0 Å². The van der Waals surface area contributed by atoms with Crippen molar-refractivity contribution in [3.05, 3.63) is 60.4 Å². The minimum absolute atomic E-state index is 0.0495. The van der Waals surface area contributed by atoms with Gasteiger partial charge in [0.05, 0.1) is 5.69 Å². The number of imidazole rings is 1. The van der Waals surface area contributed by atoms with Crippen molar-refractivity contribution in [2.75, 3.05) is 27.2 Å². The van der Waals surface area contributed by atoms with Gasteiger partial charge in [-0.3, -0.25) is 9.20 Å². The van der Waals surface area contributed by atoms with Crippen LogP contribution >= 0.6 is 0 Å². The van der Waals surface area contributed by atoms with Crippen molar-refractivity contribution in [3.63, 3.8) is 0 Å². The second-order valence-electron chi connectivity index (χ2n) is 5.71. The number of hydrogen-bond acceptors (Lipinski definition) is 3. The Morgan fingerprint density at radius 2 is 2.04 bits per heavy atom. The van der Waals surface area contributed by atoms with E-state index in [1.54, 1.807) is 6.20 Å². The Balaban J connectivity index is 1.85. The molecule has 0 radical (unpaired) electrons. The van der Waals surface area contributed by atoms with Gasteiger partial charge in [0.25, 0.3) is 5.91 Å². The van der Waals surface area contributed by atoms with Gasteiger partial charge in [-0.2, -0.15) is 0 Å². The molecule has 0 bridgehead atoms. The Labute approximate surface area is 135 Å². The van der Waals surface area contributed by atoms with Gasteiger partial charge in [-0.1, -0.05) is 18.2 Å². The fraction of sp³-hybridized carbons (Fsp3) is 0.222. The van der Waals surface area contributed by atoms with Crippen molar-refractivity contribution in [2.45, 2.75) is 0 Å². The lowest BCUT2D eigenvalue weighted by Crippen LogP contribution is -2.31. The summed E-state index contributed by atoms with van der Waals surface area (Å²) in [6, 6.07) is 13.6. The molecule has 0 aliphatic heterocycles. The zero-order valence-corrected chi connectivity index (χ0v) is 13.4. The summed E-state index contributed by atoms with van der Waals surface area (Å²) < 4.78 is 2.02. The predicted molar refractivity (Wildman–Crippen MR) is 91.5 cm³/mol. The van der Waals surface area contributed by atoms with Crippen LogP contribution in [0.4, 0.5) is 0 Å². The molecule has 2 aromatic heterocycles. The van der Waals surface area contributed by atoms with E-state index in [0.29, 0.717) is 12.1 Å². The van der Waals surface area contributed by atoms with Crippen LogP contribution in [0.5, 0.6) is 0 Å². The molecule has 23 heavy (non-hydrogen) atoms. The first-order chi connectivity index (χ1) is 11.1. The fourth-order valence-corrected chi connectivity index (χ4v) is 2.50. The van der Waals surface area contributed by atoms with Crippen molar-refractivity contribution in [1.82, 2.24) is 19.6 Å². The molecule has 0 unspecified atom stereocenters. The maximum absolute atomic E-state index is 12.3. The van der Waals surface area contributed by atoms with Gasteiger partial charge in [-0.25, -0.2) is 4.98 Å². The molecule has 1 aromatic carbocycles. The molecule has 0 aliphatic rings. The monoisotopic (exact) mass is 308 g/mol.